The lowest BCUT2D eigenvalue weighted by atomic mass is 10.1. The van der Waals surface area contributed by atoms with Gasteiger partial charge in [0, 0.05) is 26.1 Å². The molecule has 0 aliphatic carbocycles. The SMILES string of the molecule is CC(=O)N1CCCC(O)C(N)C1. The average molecular weight is 172 g/mol. The Morgan fingerprint density at radius 2 is 2.33 bits per heavy atom. The van der Waals surface area contributed by atoms with Crippen molar-refractivity contribution in [3.05, 3.63) is 0 Å². The normalized spacial score (nSPS) is 31.4. The molecule has 1 aliphatic heterocycles. The first-order valence-electron chi connectivity index (χ1n) is 4.30. The van der Waals surface area contributed by atoms with E-state index < -0.39 is 6.10 Å². The Kier molecular flexibility index (Phi) is 3.05. The van der Waals surface area contributed by atoms with Gasteiger partial charge in [0.25, 0.3) is 0 Å². The smallest absolute Gasteiger partial charge is 0.219 e. The fraction of sp³-hybridized carbons (Fsp3) is 0.875. The lowest BCUT2D eigenvalue weighted by molar-refractivity contribution is -0.129. The van der Waals surface area contributed by atoms with E-state index in [1.807, 2.05) is 0 Å². The zero-order valence-electron chi connectivity index (χ0n) is 7.36. The predicted molar refractivity (Wildman–Crippen MR) is 45.5 cm³/mol. The molecule has 0 radical (unpaired) electrons. The van der Waals surface area contributed by atoms with E-state index in [0.717, 1.165) is 13.0 Å². The van der Waals surface area contributed by atoms with Gasteiger partial charge in [-0.2, -0.15) is 0 Å². The molecular formula is C8H16N2O2. The van der Waals surface area contributed by atoms with Crippen LogP contribution in [0.1, 0.15) is 19.8 Å². The maximum absolute atomic E-state index is 11.0. The second-order valence-electron chi connectivity index (χ2n) is 3.34. The molecule has 1 aliphatic rings. The molecule has 0 aromatic rings. The van der Waals surface area contributed by atoms with Gasteiger partial charge >= 0.3 is 0 Å². The lowest BCUT2D eigenvalue weighted by Crippen LogP contribution is -2.43. The standard InChI is InChI=1S/C8H16N2O2/c1-6(11)10-4-2-3-8(12)7(9)5-10/h7-8,12H,2-5,9H2,1H3. The van der Waals surface area contributed by atoms with Gasteiger partial charge < -0.3 is 15.7 Å². The second kappa shape index (κ2) is 3.87. The van der Waals surface area contributed by atoms with Crippen molar-refractivity contribution in [1.82, 2.24) is 4.90 Å². The van der Waals surface area contributed by atoms with Crippen LogP contribution in [0.4, 0.5) is 0 Å². The van der Waals surface area contributed by atoms with Gasteiger partial charge in [0.15, 0.2) is 0 Å². The summed E-state index contributed by atoms with van der Waals surface area (Å²) in [7, 11) is 0. The predicted octanol–water partition coefficient (Wildman–Crippen LogP) is -0.683. The van der Waals surface area contributed by atoms with Crippen molar-refractivity contribution < 1.29 is 9.90 Å². The fourth-order valence-corrected chi connectivity index (χ4v) is 1.46. The molecule has 1 fully saturated rings. The first kappa shape index (κ1) is 9.48. The van der Waals surface area contributed by atoms with Crippen molar-refractivity contribution in [2.24, 2.45) is 5.73 Å². The van der Waals surface area contributed by atoms with Crippen LogP contribution in [-0.2, 0) is 4.79 Å². The van der Waals surface area contributed by atoms with Crippen LogP contribution in [0.25, 0.3) is 0 Å². The number of likely N-dealkylation sites (tertiary alicyclic amines) is 1. The second-order valence-corrected chi connectivity index (χ2v) is 3.34. The number of nitrogens with two attached hydrogens (primary N) is 1. The third kappa shape index (κ3) is 2.19. The summed E-state index contributed by atoms with van der Waals surface area (Å²) in [5.74, 6) is 0.0413. The van der Waals surface area contributed by atoms with Gasteiger partial charge in [-0.05, 0) is 12.8 Å². The highest BCUT2D eigenvalue weighted by molar-refractivity contribution is 5.73. The highest BCUT2D eigenvalue weighted by atomic mass is 16.3. The van der Waals surface area contributed by atoms with E-state index >= 15 is 0 Å². The van der Waals surface area contributed by atoms with Crippen LogP contribution < -0.4 is 5.73 Å². The molecule has 3 N–H and O–H groups in total. The molecule has 4 heteroatoms. The first-order valence-corrected chi connectivity index (χ1v) is 4.30. The van der Waals surface area contributed by atoms with E-state index in [9.17, 15) is 9.90 Å². The third-order valence-electron chi connectivity index (χ3n) is 2.30. The monoisotopic (exact) mass is 172 g/mol. The van der Waals surface area contributed by atoms with Crippen molar-refractivity contribution in [3.63, 3.8) is 0 Å². The van der Waals surface area contributed by atoms with E-state index in [0.29, 0.717) is 13.0 Å². The number of carbonyl (C=O) groups excluding carboxylic acids is 1. The van der Waals surface area contributed by atoms with Crippen molar-refractivity contribution in [2.45, 2.75) is 31.9 Å². The van der Waals surface area contributed by atoms with Crippen LogP contribution in [0.3, 0.4) is 0 Å². The van der Waals surface area contributed by atoms with E-state index in [1.54, 1.807) is 4.90 Å². The molecule has 1 amide bonds. The number of amides is 1. The van der Waals surface area contributed by atoms with Gasteiger partial charge in [-0.3, -0.25) is 4.79 Å². The van der Waals surface area contributed by atoms with Crippen LogP contribution in [0, 0.1) is 0 Å². The number of aliphatic hydroxyl groups is 1. The molecule has 0 spiro atoms. The van der Waals surface area contributed by atoms with Crippen molar-refractivity contribution in [3.8, 4) is 0 Å². The Morgan fingerprint density at radius 3 is 2.92 bits per heavy atom. The van der Waals surface area contributed by atoms with Gasteiger partial charge in [0.2, 0.25) is 5.91 Å². The summed E-state index contributed by atoms with van der Waals surface area (Å²) in [5.41, 5.74) is 5.66. The largest absolute Gasteiger partial charge is 0.391 e. The highest BCUT2D eigenvalue weighted by Crippen LogP contribution is 2.09. The van der Waals surface area contributed by atoms with Gasteiger partial charge in [-0.25, -0.2) is 0 Å². The Morgan fingerprint density at radius 1 is 1.67 bits per heavy atom. The molecule has 0 aromatic carbocycles. The van der Waals surface area contributed by atoms with Crippen LogP contribution in [-0.4, -0.2) is 41.1 Å². The van der Waals surface area contributed by atoms with E-state index in [-0.39, 0.29) is 11.9 Å². The maximum atomic E-state index is 11.0. The summed E-state index contributed by atoms with van der Waals surface area (Å²) >= 11 is 0. The lowest BCUT2D eigenvalue weighted by Gasteiger charge is -2.22. The highest BCUT2D eigenvalue weighted by Gasteiger charge is 2.23. The minimum absolute atomic E-state index is 0.0413. The molecule has 0 saturated carbocycles. The number of nitrogens with zero attached hydrogens (tertiary/aromatic N) is 1. The summed E-state index contributed by atoms with van der Waals surface area (Å²) in [6, 6.07) is -0.281. The Hall–Kier alpha value is -0.610. The minimum atomic E-state index is -0.450. The molecule has 12 heavy (non-hydrogen) atoms. The third-order valence-corrected chi connectivity index (χ3v) is 2.30. The van der Waals surface area contributed by atoms with Gasteiger partial charge in [0.05, 0.1) is 6.10 Å². The average Bonchev–Trinajstić information content (AvgIpc) is 2.15. The molecule has 0 bridgehead atoms. The van der Waals surface area contributed by atoms with Gasteiger partial charge in [0.1, 0.15) is 0 Å². The summed E-state index contributed by atoms with van der Waals surface area (Å²) in [6.07, 6.45) is 1.09. The van der Waals surface area contributed by atoms with Crippen molar-refractivity contribution in [1.29, 1.82) is 0 Å². The molecule has 2 unspecified atom stereocenters. The number of carbonyl (C=O) groups is 1. The quantitative estimate of drug-likeness (QED) is 0.508. The molecule has 2 atom stereocenters. The van der Waals surface area contributed by atoms with Gasteiger partial charge in [-0.15, -0.1) is 0 Å². The molecule has 1 saturated heterocycles. The number of rotatable bonds is 0. The Labute approximate surface area is 72.3 Å². The maximum Gasteiger partial charge on any atom is 0.219 e. The Bertz CT molecular complexity index is 172. The number of aliphatic hydroxyl groups excluding tert-OH is 1. The zero-order chi connectivity index (χ0) is 9.14. The zero-order valence-corrected chi connectivity index (χ0v) is 7.36. The number of hydrogen-bond donors (Lipinski definition) is 2. The van der Waals surface area contributed by atoms with E-state index in [2.05, 4.69) is 0 Å². The Balaban J connectivity index is 2.54. The summed E-state index contributed by atoms with van der Waals surface area (Å²) < 4.78 is 0. The fourth-order valence-electron chi connectivity index (χ4n) is 1.46. The summed E-state index contributed by atoms with van der Waals surface area (Å²) in [6.45, 7) is 2.74. The van der Waals surface area contributed by atoms with Crippen LogP contribution >= 0.6 is 0 Å². The first-order chi connectivity index (χ1) is 5.61. The molecule has 4 nitrogen and oxygen atoms in total. The molecule has 1 rings (SSSR count). The molecule has 0 aromatic heterocycles. The minimum Gasteiger partial charge on any atom is -0.391 e. The number of hydrogen-bond acceptors (Lipinski definition) is 3. The van der Waals surface area contributed by atoms with Crippen molar-refractivity contribution in [2.75, 3.05) is 13.1 Å². The van der Waals surface area contributed by atoms with Crippen LogP contribution in [0.15, 0.2) is 0 Å². The van der Waals surface area contributed by atoms with Crippen molar-refractivity contribution >= 4 is 5.91 Å². The van der Waals surface area contributed by atoms with E-state index in [4.69, 9.17) is 5.73 Å². The molecule has 70 valence electrons. The van der Waals surface area contributed by atoms with E-state index in [1.165, 1.54) is 6.92 Å². The molecular weight excluding hydrogens is 156 g/mol. The summed E-state index contributed by atoms with van der Waals surface area (Å²) in [4.78, 5) is 12.7. The molecule has 1 heterocycles. The van der Waals surface area contributed by atoms with Crippen LogP contribution in [0.5, 0.6) is 0 Å². The topological polar surface area (TPSA) is 66.6 Å². The van der Waals surface area contributed by atoms with Gasteiger partial charge in [-0.1, -0.05) is 0 Å². The summed E-state index contributed by atoms with van der Waals surface area (Å²) in [5, 5.41) is 9.39. The van der Waals surface area contributed by atoms with Crippen LogP contribution in [0.2, 0.25) is 0 Å².